The number of carbonyl (C=O) groups excluding carboxylic acids is 2. The van der Waals surface area contributed by atoms with Crippen LogP contribution in [0.15, 0.2) is 42.9 Å². The average molecular weight is 465 g/mol. The predicted octanol–water partition coefficient (Wildman–Crippen LogP) is 4.25. The van der Waals surface area contributed by atoms with Gasteiger partial charge in [0, 0.05) is 49.7 Å². The number of halogens is 1. The van der Waals surface area contributed by atoms with E-state index in [1.165, 1.54) is 30.5 Å². The molecule has 0 saturated carbocycles. The van der Waals surface area contributed by atoms with Crippen molar-refractivity contribution < 1.29 is 14.0 Å². The van der Waals surface area contributed by atoms with Gasteiger partial charge in [-0.25, -0.2) is 19.3 Å². The Kier molecular flexibility index (Phi) is 7.00. The molecular formula is C25H29FN6O2. The summed E-state index contributed by atoms with van der Waals surface area (Å²) in [6.07, 6.45) is 7.22. The zero-order valence-electron chi connectivity index (χ0n) is 19.7. The first-order valence-electron chi connectivity index (χ1n) is 11.5. The molecule has 9 heteroatoms. The summed E-state index contributed by atoms with van der Waals surface area (Å²) in [5, 5.41) is 2.73. The van der Waals surface area contributed by atoms with Gasteiger partial charge in [-0.2, -0.15) is 0 Å². The van der Waals surface area contributed by atoms with Gasteiger partial charge in [0.2, 0.25) is 5.91 Å². The van der Waals surface area contributed by atoms with Crippen LogP contribution in [0.5, 0.6) is 0 Å². The SMILES string of the molecule is Cc1nc([C@@H]2CCCN2C(=O)CCn2ccnc2C(C)C)ncc1C(=O)Nc1ccc(F)cc1. The Labute approximate surface area is 198 Å². The molecule has 4 rings (SSSR count). The predicted molar refractivity (Wildman–Crippen MR) is 126 cm³/mol. The first-order chi connectivity index (χ1) is 16.3. The zero-order valence-corrected chi connectivity index (χ0v) is 19.7. The van der Waals surface area contributed by atoms with Crippen LogP contribution in [0, 0.1) is 12.7 Å². The summed E-state index contributed by atoms with van der Waals surface area (Å²) in [5.74, 6) is 1.13. The lowest BCUT2D eigenvalue weighted by Gasteiger charge is -2.24. The van der Waals surface area contributed by atoms with Crippen molar-refractivity contribution in [2.75, 3.05) is 11.9 Å². The maximum Gasteiger partial charge on any atom is 0.259 e. The number of anilines is 1. The third-order valence-electron chi connectivity index (χ3n) is 6.05. The van der Waals surface area contributed by atoms with Gasteiger partial charge in [-0.3, -0.25) is 9.59 Å². The molecule has 0 radical (unpaired) electrons. The second-order valence-electron chi connectivity index (χ2n) is 8.82. The van der Waals surface area contributed by atoms with Gasteiger partial charge in [0.25, 0.3) is 5.91 Å². The smallest absolute Gasteiger partial charge is 0.259 e. The van der Waals surface area contributed by atoms with E-state index >= 15 is 0 Å². The fourth-order valence-corrected chi connectivity index (χ4v) is 4.30. The number of amides is 2. The van der Waals surface area contributed by atoms with Crippen molar-refractivity contribution in [2.24, 2.45) is 0 Å². The monoisotopic (exact) mass is 464 g/mol. The van der Waals surface area contributed by atoms with Crippen LogP contribution in [0.3, 0.4) is 0 Å². The number of nitrogens with one attached hydrogen (secondary N) is 1. The van der Waals surface area contributed by atoms with Crippen molar-refractivity contribution in [1.82, 2.24) is 24.4 Å². The largest absolute Gasteiger partial charge is 0.334 e. The molecule has 0 aliphatic carbocycles. The van der Waals surface area contributed by atoms with Crippen molar-refractivity contribution in [3.05, 3.63) is 71.6 Å². The Morgan fingerprint density at radius 2 is 1.97 bits per heavy atom. The van der Waals surface area contributed by atoms with Gasteiger partial charge >= 0.3 is 0 Å². The lowest BCUT2D eigenvalue weighted by atomic mass is 10.1. The number of nitrogens with zero attached hydrogens (tertiary/aromatic N) is 5. The molecule has 0 bridgehead atoms. The Balaban J connectivity index is 1.43. The number of hydrogen-bond acceptors (Lipinski definition) is 5. The van der Waals surface area contributed by atoms with Crippen molar-refractivity contribution in [3.8, 4) is 0 Å². The highest BCUT2D eigenvalue weighted by Gasteiger charge is 2.32. The molecule has 1 fully saturated rings. The van der Waals surface area contributed by atoms with Crippen LogP contribution in [0.1, 0.15) is 72.8 Å². The molecular weight excluding hydrogens is 435 g/mol. The summed E-state index contributed by atoms with van der Waals surface area (Å²) >= 11 is 0. The van der Waals surface area contributed by atoms with E-state index in [4.69, 9.17) is 0 Å². The molecule has 1 N–H and O–H groups in total. The summed E-state index contributed by atoms with van der Waals surface area (Å²) in [7, 11) is 0. The number of benzene rings is 1. The van der Waals surface area contributed by atoms with Crippen LogP contribution in [-0.2, 0) is 11.3 Å². The highest BCUT2D eigenvalue weighted by molar-refractivity contribution is 6.04. The molecule has 0 unspecified atom stereocenters. The number of aryl methyl sites for hydroxylation is 2. The van der Waals surface area contributed by atoms with Gasteiger partial charge in [-0.15, -0.1) is 0 Å². The van der Waals surface area contributed by atoms with Crippen LogP contribution in [0.4, 0.5) is 10.1 Å². The van der Waals surface area contributed by atoms with Crippen molar-refractivity contribution in [2.45, 2.75) is 58.5 Å². The first-order valence-corrected chi connectivity index (χ1v) is 11.5. The van der Waals surface area contributed by atoms with Gasteiger partial charge in [-0.05, 0) is 44.0 Å². The Hall–Kier alpha value is -3.62. The van der Waals surface area contributed by atoms with Crippen molar-refractivity contribution >= 4 is 17.5 Å². The summed E-state index contributed by atoms with van der Waals surface area (Å²) in [6.45, 7) is 7.16. The van der Waals surface area contributed by atoms with Gasteiger partial charge in [0.1, 0.15) is 11.6 Å². The van der Waals surface area contributed by atoms with Crippen LogP contribution < -0.4 is 5.32 Å². The minimum absolute atomic E-state index is 0.0605. The molecule has 178 valence electrons. The fraction of sp³-hybridized carbons (Fsp3) is 0.400. The van der Waals surface area contributed by atoms with E-state index in [2.05, 4.69) is 34.1 Å². The number of likely N-dealkylation sites (tertiary alicyclic amines) is 1. The number of hydrogen-bond donors (Lipinski definition) is 1. The molecule has 3 heterocycles. The van der Waals surface area contributed by atoms with Crippen LogP contribution in [0.25, 0.3) is 0 Å². The van der Waals surface area contributed by atoms with E-state index < -0.39 is 0 Å². The molecule has 1 atom stereocenters. The Morgan fingerprint density at radius 1 is 1.21 bits per heavy atom. The minimum atomic E-state index is -0.372. The molecule has 1 saturated heterocycles. The van der Waals surface area contributed by atoms with Crippen molar-refractivity contribution in [1.29, 1.82) is 0 Å². The summed E-state index contributed by atoms with van der Waals surface area (Å²) in [6, 6.07) is 5.35. The number of rotatable bonds is 7. The summed E-state index contributed by atoms with van der Waals surface area (Å²) in [5.41, 5.74) is 1.36. The number of aromatic nitrogens is 4. The Morgan fingerprint density at radius 3 is 2.68 bits per heavy atom. The quantitative estimate of drug-likeness (QED) is 0.564. The fourth-order valence-electron chi connectivity index (χ4n) is 4.30. The molecule has 34 heavy (non-hydrogen) atoms. The lowest BCUT2D eigenvalue weighted by molar-refractivity contribution is -0.132. The standard InChI is InChI=1S/C25H29FN6O2/c1-16(2)24-27-11-14-31(24)13-10-22(33)32-12-4-5-21(32)23-28-15-20(17(3)29-23)25(34)30-19-8-6-18(26)7-9-19/h6-9,11,14-16,21H,4-5,10,12-13H2,1-3H3,(H,30,34)/t21-/m0/s1. The topological polar surface area (TPSA) is 93.0 Å². The molecule has 1 aliphatic rings. The maximum atomic E-state index is 13.1. The minimum Gasteiger partial charge on any atom is -0.334 e. The van der Waals surface area contributed by atoms with Gasteiger partial charge in [0.05, 0.1) is 17.3 Å². The Bertz CT molecular complexity index is 1170. The number of imidazole rings is 1. The lowest BCUT2D eigenvalue weighted by Crippen LogP contribution is -2.32. The highest BCUT2D eigenvalue weighted by atomic mass is 19.1. The second-order valence-corrected chi connectivity index (χ2v) is 8.82. The van der Waals surface area contributed by atoms with Crippen LogP contribution in [0.2, 0.25) is 0 Å². The van der Waals surface area contributed by atoms with Crippen LogP contribution >= 0.6 is 0 Å². The zero-order chi connectivity index (χ0) is 24.2. The van der Waals surface area contributed by atoms with E-state index in [0.717, 1.165) is 18.7 Å². The van der Waals surface area contributed by atoms with Gasteiger partial charge in [0.15, 0.2) is 5.82 Å². The average Bonchev–Trinajstić information content (AvgIpc) is 3.49. The molecule has 1 aromatic carbocycles. The second kappa shape index (κ2) is 10.1. The molecule has 3 aromatic rings. The molecule has 2 aromatic heterocycles. The molecule has 1 aliphatic heterocycles. The maximum absolute atomic E-state index is 13.1. The van der Waals surface area contributed by atoms with E-state index in [1.54, 1.807) is 13.1 Å². The third-order valence-corrected chi connectivity index (χ3v) is 6.05. The van der Waals surface area contributed by atoms with Crippen molar-refractivity contribution in [3.63, 3.8) is 0 Å². The van der Waals surface area contributed by atoms with Crippen LogP contribution in [-0.4, -0.2) is 42.8 Å². The summed E-state index contributed by atoms with van der Waals surface area (Å²) in [4.78, 5) is 40.9. The normalized spacial score (nSPS) is 15.7. The molecule has 8 nitrogen and oxygen atoms in total. The molecule has 2 amide bonds. The van der Waals surface area contributed by atoms with E-state index in [9.17, 15) is 14.0 Å². The van der Waals surface area contributed by atoms with E-state index in [0.29, 0.717) is 48.2 Å². The number of carbonyl (C=O) groups is 2. The molecule has 0 spiro atoms. The first kappa shape index (κ1) is 23.5. The van der Waals surface area contributed by atoms with E-state index in [-0.39, 0.29) is 23.7 Å². The highest BCUT2D eigenvalue weighted by Crippen LogP contribution is 2.31. The van der Waals surface area contributed by atoms with Gasteiger partial charge in [-0.1, -0.05) is 13.8 Å². The third kappa shape index (κ3) is 5.13. The summed E-state index contributed by atoms with van der Waals surface area (Å²) < 4.78 is 15.1. The van der Waals surface area contributed by atoms with E-state index in [1.807, 2.05) is 15.7 Å². The van der Waals surface area contributed by atoms with Gasteiger partial charge < -0.3 is 14.8 Å².